The van der Waals surface area contributed by atoms with Crippen molar-refractivity contribution in [3.8, 4) is 27.7 Å². The van der Waals surface area contributed by atoms with Crippen LogP contribution >= 0.6 is 11.3 Å². The fraction of sp³-hybridized carbons (Fsp3) is 0.250. The van der Waals surface area contributed by atoms with Crippen LogP contribution in [0.15, 0.2) is 42.6 Å². The van der Waals surface area contributed by atoms with Gasteiger partial charge in [0.25, 0.3) is 5.91 Å². The number of pyridine rings is 1. The van der Waals surface area contributed by atoms with E-state index in [1.165, 1.54) is 4.90 Å². The summed E-state index contributed by atoms with van der Waals surface area (Å²) in [6.07, 6.45) is 0.716. The van der Waals surface area contributed by atoms with Crippen molar-refractivity contribution in [1.82, 2.24) is 9.97 Å². The normalized spacial score (nSPS) is 14.5. The van der Waals surface area contributed by atoms with Crippen molar-refractivity contribution in [3.05, 3.63) is 47.5 Å². The van der Waals surface area contributed by atoms with Gasteiger partial charge in [0.1, 0.15) is 10.8 Å². The van der Waals surface area contributed by atoms with E-state index in [9.17, 15) is 9.90 Å². The van der Waals surface area contributed by atoms with Crippen LogP contribution in [0.5, 0.6) is 5.75 Å². The lowest BCUT2D eigenvalue weighted by molar-refractivity contribution is -0.121. The summed E-state index contributed by atoms with van der Waals surface area (Å²) in [4.78, 5) is 23.9. The number of hydrogen-bond acceptors (Lipinski definition) is 7. The number of rotatable bonds is 5. The molecule has 2 N–H and O–H groups in total. The largest absolute Gasteiger partial charge is 0.482 e. The van der Waals surface area contributed by atoms with E-state index in [1.54, 1.807) is 23.6 Å². The summed E-state index contributed by atoms with van der Waals surface area (Å²) >= 11 is 1.56. The van der Waals surface area contributed by atoms with Crippen LogP contribution in [0.3, 0.4) is 0 Å². The fourth-order valence-corrected chi connectivity index (χ4v) is 3.99. The van der Waals surface area contributed by atoms with Crippen LogP contribution in [0.2, 0.25) is 0 Å². The Bertz CT molecular complexity index is 1010. The third-order valence-corrected chi connectivity index (χ3v) is 5.45. The number of amides is 1. The zero-order valence-electron chi connectivity index (χ0n) is 15.2. The molecule has 7 nitrogen and oxygen atoms in total. The van der Waals surface area contributed by atoms with Crippen LogP contribution in [0.25, 0.3) is 22.0 Å². The van der Waals surface area contributed by atoms with E-state index < -0.39 is 12.7 Å². The minimum Gasteiger partial charge on any atom is -0.482 e. The molecule has 3 heterocycles. The van der Waals surface area contributed by atoms with E-state index >= 15 is 0 Å². The van der Waals surface area contributed by atoms with Crippen LogP contribution in [0.4, 0.5) is 5.69 Å². The maximum absolute atomic E-state index is 12.3. The molecule has 0 fully saturated rings. The topological polar surface area (TPSA) is 95.8 Å². The lowest BCUT2D eigenvalue weighted by Crippen LogP contribution is -2.44. The molecule has 8 heteroatoms. The number of aliphatic hydroxyl groups is 2. The number of anilines is 1. The van der Waals surface area contributed by atoms with Gasteiger partial charge in [0, 0.05) is 16.6 Å². The van der Waals surface area contributed by atoms with Crippen LogP contribution < -0.4 is 9.64 Å². The van der Waals surface area contributed by atoms with Crippen LogP contribution in [-0.4, -0.2) is 52.0 Å². The van der Waals surface area contributed by atoms with Crippen molar-refractivity contribution in [2.75, 3.05) is 24.7 Å². The highest BCUT2D eigenvalue weighted by molar-refractivity contribution is 7.15. The number of carbonyl (C=O) groups is 1. The molecule has 144 valence electrons. The molecule has 1 aromatic carbocycles. The molecular formula is C20H19N3O4S. The number of aryl methyl sites for hydroxylation is 1. The Hall–Kier alpha value is -2.81. The molecule has 1 amide bonds. The Kier molecular flexibility index (Phi) is 5.08. The zero-order chi connectivity index (χ0) is 19.7. The Balaban J connectivity index is 1.73. The molecule has 0 saturated carbocycles. The van der Waals surface area contributed by atoms with Crippen molar-refractivity contribution < 1.29 is 19.7 Å². The van der Waals surface area contributed by atoms with Crippen molar-refractivity contribution in [1.29, 1.82) is 0 Å². The highest BCUT2D eigenvalue weighted by Gasteiger charge is 2.28. The molecule has 0 radical (unpaired) electrons. The molecular weight excluding hydrogens is 378 g/mol. The lowest BCUT2D eigenvalue weighted by atomic mass is 10.1. The number of aliphatic hydroxyl groups excluding tert-OH is 2. The summed E-state index contributed by atoms with van der Waals surface area (Å²) in [6.45, 7) is 1.49. The standard InChI is InChI=1S/C20H19N3O4S/c1-12-19(22-20(28-12)15-4-2-3-7-21-15)13-5-6-17-16(8-13)23(9-14(25)10-24)18(26)11-27-17/h2-8,14,24-25H,9-11H2,1H3. The maximum Gasteiger partial charge on any atom is 0.265 e. The number of ether oxygens (including phenoxy) is 1. The van der Waals surface area contributed by atoms with Gasteiger partial charge in [-0.1, -0.05) is 6.07 Å². The lowest BCUT2D eigenvalue weighted by Gasteiger charge is -2.31. The number of carbonyl (C=O) groups excluding carboxylic acids is 1. The summed E-state index contributed by atoms with van der Waals surface area (Å²) in [5.41, 5.74) is 3.03. The summed E-state index contributed by atoms with van der Waals surface area (Å²) < 4.78 is 5.51. The molecule has 2 aromatic heterocycles. The molecule has 1 aliphatic heterocycles. The Morgan fingerprint density at radius 2 is 2.18 bits per heavy atom. The molecule has 28 heavy (non-hydrogen) atoms. The molecule has 1 aliphatic rings. The van der Waals surface area contributed by atoms with Crippen LogP contribution in [-0.2, 0) is 4.79 Å². The number of nitrogens with zero attached hydrogens (tertiary/aromatic N) is 3. The van der Waals surface area contributed by atoms with Gasteiger partial charge in [-0.2, -0.15) is 0 Å². The fourth-order valence-electron chi connectivity index (χ4n) is 3.08. The first-order valence-corrected chi connectivity index (χ1v) is 9.64. The third kappa shape index (κ3) is 3.49. The zero-order valence-corrected chi connectivity index (χ0v) is 16.0. The number of aromatic nitrogens is 2. The average molecular weight is 397 g/mol. The van der Waals surface area contributed by atoms with Gasteiger partial charge in [0.2, 0.25) is 0 Å². The summed E-state index contributed by atoms with van der Waals surface area (Å²) in [6, 6.07) is 11.2. The Labute approximate surface area is 165 Å². The summed E-state index contributed by atoms with van der Waals surface area (Å²) in [5, 5.41) is 19.8. The van der Waals surface area contributed by atoms with Crippen molar-refractivity contribution in [3.63, 3.8) is 0 Å². The second-order valence-corrected chi connectivity index (χ2v) is 7.65. The van der Waals surface area contributed by atoms with Crippen molar-refractivity contribution in [2.24, 2.45) is 0 Å². The molecule has 0 bridgehead atoms. The summed E-state index contributed by atoms with van der Waals surface area (Å²) in [7, 11) is 0. The Morgan fingerprint density at radius 3 is 2.93 bits per heavy atom. The third-order valence-electron chi connectivity index (χ3n) is 4.46. The first kappa shape index (κ1) is 18.5. The van der Waals surface area contributed by atoms with Crippen LogP contribution in [0.1, 0.15) is 4.88 Å². The number of β-amino-alcohol motifs (C(OH)–C–C–N with tert-alkyl or cyclic N) is 1. The molecule has 3 aromatic rings. The van der Waals surface area contributed by atoms with Crippen LogP contribution in [0, 0.1) is 6.92 Å². The second-order valence-electron chi connectivity index (χ2n) is 6.45. The molecule has 0 spiro atoms. The number of thiazole rings is 1. The van der Waals surface area contributed by atoms with Gasteiger partial charge in [-0.05, 0) is 37.3 Å². The highest BCUT2D eigenvalue weighted by atomic mass is 32.1. The maximum atomic E-state index is 12.3. The molecule has 1 unspecified atom stereocenters. The van der Waals surface area contributed by atoms with E-state index in [0.29, 0.717) is 11.4 Å². The molecule has 1 atom stereocenters. The minimum absolute atomic E-state index is 0.00434. The molecule has 0 aliphatic carbocycles. The van der Waals surface area contributed by atoms with Crippen molar-refractivity contribution in [2.45, 2.75) is 13.0 Å². The van der Waals surface area contributed by atoms with Gasteiger partial charge in [-0.25, -0.2) is 4.98 Å². The Morgan fingerprint density at radius 1 is 1.32 bits per heavy atom. The van der Waals surface area contributed by atoms with Gasteiger partial charge in [0.05, 0.1) is 36.3 Å². The minimum atomic E-state index is -1.02. The van der Waals surface area contributed by atoms with Gasteiger partial charge < -0.3 is 19.8 Å². The number of benzene rings is 1. The first-order valence-electron chi connectivity index (χ1n) is 8.82. The first-order chi connectivity index (χ1) is 13.6. The van der Waals surface area contributed by atoms with Gasteiger partial charge in [0.15, 0.2) is 6.61 Å². The number of hydrogen-bond donors (Lipinski definition) is 2. The monoisotopic (exact) mass is 397 g/mol. The van der Waals surface area contributed by atoms with E-state index in [-0.39, 0.29) is 19.1 Å². The van der Waals surface area contributed by atoms with Crippen molar-refractivity contribution >= 4 is 22.9 Å². The molecule has 0 saturated heterocycles. The molecule has 4 rings (SSSR count). The van der Waals surface area contributed by atoms with Gasteiger partial charge in [-0.15, -0.1) is 11.3 Å². The second kappa shape index (κ2) is 7.67. The van der Waals surface area contributed by atoms with Gasteiger partial charge >= 0.3 is 0 Å². The highest BCUT2D eigenvalue weighted by Crippen LogP contribution is 2.39. The van der Waals surface area contributed by atoms with E-state index in [4.69, 9.17) is 14.8 Å². The van der Waals surface area contributed by atoms with E-state index in [0.717, 1.165) is 26.8 Å². The average Bonchev–Trinajstić information content (AvgIpc) is 3.12. The predicted molar refractivity (Wildman–Crippen MR) is 106 cm³/mol. The summed E-state index contributed by atoms with van der Waals surface area (Å²) in [5.74, 6) is 0.299. The van der Waals surface area contributed by atoms with E-state index in [2.05, 4.69) is 4.98 Å². The smallest absolute Gasteiger partial charge is 0.265 e. The SMILES string of the molecule is Cc1sc(-c2ccccn2)nc1-c1ccc2c(c1)N(CC(O)CO)C(=O)CO2. The van der Waals surface area contributed by atoms with E-state index in [1.807, 2.05) is 37.3 Å². The number of fused-ring (bicyclic) bond motifs is 1. The predicted octanol–water partition coefficient (Wildman–Crippen LogP) is 2.26. The van der Waals surface area contributed by atoms with Gasteiger partial charge in [-0.3, -0.25) is 9.78 Å². The quantitative estimate of drug-likeness (QED) is 0.686.